The smallest absolute Gasteiger partial charge is 0.309 e. The summed E-state index contributed by atoms with van der Waals surface area (Å²) in [6.45, 7) is 10.9. The molecule has 0 aliphatic heterocycles. The minimum Gasteiger partial charge on any atom is -0.309 e. The molecule has 2 unspecified atom stereocenters. The summed E-state index contributed by atoms with van der Waals surface area (Å²) in [6, 6.07) is 90.0. The lowest BCUT2D eigenvalue weighted by molar-refractivity contribution is -0.173. The number of rotatable bonds is 11. The van der Waals surface area contributed by atoms with Gasteiger partial charge in [0.1, 0.15) is 10.8 Å². The van der Waals surface area contributed by atoms with Crippen LogP contribution in [0.2, 0.25) is 0 Å². The van der Waals surface area contributed by atoms with E-state index in [0.717, 1.165) is 71.8 Å². The number of benzene rings is 12. The average Bonchev–Trinajstić information content (AvgIpc) is 1.51. The van der Waals surface area contributed by atoms with Crippen LogP contribution in [0.15, 0.2) is 296 Å². The fraction of sp³-hybridized carbons (Fsp3) is 0.124. The van der Waals surface area contributed by atoms with Crippen molar-refractivity contribution in [2.45, 2.75) is 71.1 Å². The number of alkyl halides is 6. The molecule has 0 fully saturated rings. The molecule has 0 saturated heterocycles. The standard InChI is InChI=1S/C44H33F3N4.C30H21BrF3N3.C15H14/c1-28-14-24-38-36(26-28)37-27-29(2)15-25-39(37)51(38)35-22-20-34(21-23-35)43(3,44(45,46)47)33-18-16-32(17-19-33)42-49-40(30-10-6-4-7-11-30)48-41(50-42)31-12-8-5-9-13-31;1-29(30(32,33)34,24-16-18-25(31)19-17-24)23-14-12-22(13-15-23)28-36-26(20-8-4-2-5-9-20)35-27(37-28)21-10-6-3-7-11-21;1-10-3-5-12-9-13-6-4-11(2)8-15(13)14(12)7-10/h4-27H,1-3H3;2-19H,1H3;3-8H,9H2,1-2H3. The Hall–Kier alpha value is -11.5. The first-order valence-corrected chi connectivity index (χ1v) is 34.6. The predicted octanol–water partition coefficient (Wildman–Crippen LogP) is 23.8. The van der Waals surface area contributed by atoms with Crippen LogP contribution < -0.4 is 0 Å². The van der Waals surface area contributed by atoms with E-state index >= 15 is 13.2 Å². The quantitative estimate of drug-likeness (QED) is 0.120. The summed E-state index contributed by atoms with van der Waals surface area (Å²) < 4.78 is 91.8. The monoisotopic (exact) mass is 1430 g/mol. The molecule has 12 aromatic carbocycles. The third-order valence-corrected chi connectivity index (χ3v) is 19.9. The van der Waals surface area contributed by atoms with Crippen molar-refractivity contribution in [3.05, 3.63) is 351 Å². The third-order valence-electron chi connectivity index (χ3n) is 19.4. The summed E-state index contributed by atoms with van der Waals surface area (Å²) in [4.78, 5) is 28.2. The lowest BCUT2D eigenvalue weighted by atomic mass is 9.75. The van der Waals surface area contributed by atoms with Gasteiger partial charge in [-0.2, -0.15) is 26.3 Å². The largest absolute Gasteiger partial charge is 0.402 e. The molecule has 0 N–H and O–H groups in total. The van der Waals surface area contributed by atoms with Gasteiger partial charge >= 0.3 is 12.4 Å². The van der Waals surface area contributed by atoms with Gasteiger partial charge in [-0.25, -0.2) is 29.9 Å². The topological polar surface area (TPSA) is 82.3 Å². The number of hydrogen-bond acceptors (Lipinski definition) is 6. The minimum atomic E-state index is -4.58. The van der Waals surface area contributed by atoms with Crippen LogP contribution in [0.25, 0.3) is 107 Å². The number of fused-ring (bicyclic) bond motifs is 6. The summed E-state index contributed by atoms with van der Waals surface area (Å²) >= 11 is 3.30. The molecule has 0 spiro atoms. The number of aryl methyl sites for hydroxylation is 4. The predicted molar refractivity (Wildman–Crippen MR) is 406 cm³/mol. The van der Waals surface area contributed by atoms with Gasteiger partial charge in [0, 0.05) is 54.3 Å². The molecule has 1 aliphatic rings. The molecule has 3 aromatic heterocycles. The summed E-state index contributed by atoms with van der Waals surface area (Å²) in [5.74, 6) is 2.71. The van der Waals surface area contributed by atoms with Crippen molar-refractivity contribution in [1.29, 1.82) is 0 Å². The second-order valence-electron chi connectivity index (χ2n) is 26.4. The zero-order valence-corrected chi connectivity index (χ0v) is 58.8. The Morgan fingerprint density at radius 3 is 0.864 bits per heavy atom. The van der Waals surface area contributed by atoms with Gasteiger partial charge in [0.15, 0.2) is 34.9 Å². The van der Waals surface area contributed by atoms with E-state index in [1.807, 2.05) is 121 Å². The molecule has 103 heavy (non-hydrogen) atoms. The fourth-order valence-corrected chi connectivity index (χ4v) is 13.7. The van der Waals surface area contributed by atoms with E-state index in [1.54, 1.807) is 60.7 Å². The molecule has 0 bridgehead atoms. The van der Waals surface area contributed by atoms with E-state index in [0.29, 0.717) is 46.1 Å². The van der Waals surface area contributed by atoms with E-state index < -0.39 is 23.2 Å². The lowest BCUT2D eigenvalue weighted by Gasteiger charge is -2.33. The van der Waals surface area contributed by atoms with Crippen LogP contribution in [0.1, 0.15) is 69.5 Å². The Labute approximate surface area is 602 Å². The van der Waals surface area contributed by atoms with Gasteiger partial charge in [-0.3, -0.25) is 0 Å². The second-order valence-corrected chi connectivity index (χ2v) is 27.3. The molecule has 0 amide bonds. The first-order chi connectivity index (χ1) is 49.6. The zero-order valence-electron chi connectivity index (χ0n) is 57.2. The molecule has 0 saturated carbocycles. The fourth-order valence-electron chi connectivity index (χ4n) is 13.4. The minimum absolute atomic E-state index is 0.120. The summed E-state index contributed by atoms with van der Waals surface area (Å²) in [5, 5.41) is 2.23. The maximum Gasteiger partial charge on any atom is 0.402 e. The Morgan fingerprint density at radius 2 is 0.563 bits per heavy atom. The van der Waals surface area contributed by atoms with E-state index in [-0.39, 0.29) is 22.3 Å². The highest BCUT2D eigenvalue weighted by molar-refractivity contribution is 9.10. The summed E-state index contributed by atoms with van der Waals surface area (Å²) in [5.41, 5.74) is 14.2. The molecular formula is C89H68BrF6N7. The Morgan fingerprint density at radius 1 is 0.301 bits per heavy atom. The molecule has 14 heteroatoms. The van der Waals surface area contributed by atoms with Crippen LogP contribution in [0.5, 0.6) is 0 Å². The molecule has 1 aliphatic carbocycles. The van der Waals surface area contributed by atoms with E-state index in [2.05, 4.69) is 136 Å². The van der Waals surface area contributed by atoms with Crippen LogP contribution in [-0.2, 0) is 17.3 Å². The van der Waals surface area contributed by atoms with Gasteiger partial charge < -0.3 is 4.57 Å². The summed E-state index contributed by atoms with van der Waals surface area (Å²) in [7, 11) is 0. The van der Waals surface area contributed by atoms with Crippen molar-refractivity contribution in [3.63, 3.8) is 0 Å². The van der Waals surface area contributed by atoms with Crippen LogP contribution in [-0.4, -0.2) is 46.8 Å². The Kier molecular flexibility index (Phi) is 18.8. The Bertz CT molecular complexity index is 5340. The van der Waals surface area contributed by atoms with Gasteiger partial charge in [-0.15, -0.1) is 0 Å². The number of hydrogen-bond donors (Lipinski definition) is 0. The number of nitrogens with zero attached hydrogens (tertiary/aromatic N) is 7. The van der Waals surface area contributed by atoms with Crippen molar-refractivity contribution in [2.24, 2.45) is 0 Å². The summed E-state index contributed by atoms with van der Waals surface area (Å²) in [6.07, 6.45) is -7.98. The molecule has 16 rings (SSSR count). The molecule has 2 atom stereocenters. The highest BCUT2D eigenvalue weighted by atomic mass is 79.9. The molecule has 3 heterocycles. The van der Waals surface area contributed by atoms with Crippen LogP contribution in [0.4, 0.5) is 26.3 Å². The average molecular weight is 1430 g/mol. The Balaban J connectivity index is 0.000000149. The van der Waals surface area contributed by atoms with Gasteiger partial charge in [0.05, 0.1) is 11.0 Å². The van der Waals surface area contributed by atoms with Gasteiger partial charge in [-0.1, -0.05) is 281 Å². The van der Waals surface area contributed by atoms with Crippen molar-refractivity contribution in [2.75, 3.05) is 0 Å². The van der Waals surface area contributed by atoms with Crippen LogP contribution in [0.3, 0.4) is 0 Å². The van der Waals surface area contributed by atoms with Crippen molar-refractivity contribution in [3.8, 4) is 85.1 Å². The highest BCUT2D eigenvalue weighted by Crippen LogP contribution is 2.49. The SMILES string of the molecule is CC(c1ccc(Br)cc1)(c1ccc(-c2nc(-c3ccccc3)nc(-c3ccccc3)n2)cc1)C(F)(F)F.Cc1ccc2c(c1)-c1cc(C)ccc1C2.Cc1ccc2c(c1)c1cc(C)ccc1n2-c1ccc(C(C)(c2ccc(-c3nc(-c4ccccc4)nc(-c4ccccc4)n3)cc2)C(F)(F)F)cc1. The molecule has 0 radical (unpaired) electrons. The van der Waals surface area contributed by atoms with Gasteiger partial charge in [-0.05, 0) is 141 Å². The van der Waals surface area contributed by atoms with Crippen molar-refractivity contribution >= 4 is 37.7 Å². The van der Waals surface area contributed by atoms with Crippen molar-refractivity contribution in [1.82, 2.24) is 34.5 Å². The molecule has 7 nitrogen and oxygen atoms in total. The van der Waals surface area contributed by atoms with E-state index in [4.69, 9.17) is 15.0 Å². The first kappa shape index (κ1) is 68.6. The lowest BCUT2D eigenvalue weighted by Crippen LogP contribution is -2.40. The number of aromatic nitrogens is 7. The van der Waals surface area contributed by atoms with Crippen LogP contribution >= 0.6 is 15.9 Å². The maximum atomic E-state index is 15.2. The zero-order chi connectivity index (χ0) is 71.8. The number of halogens is 7. The van der Waals surface area contributed by atoms with Crippen molar-refractivity contribution < 1.29 is 26.3 Å². The molecule has 508 valence electrons. The molecular weight excluding hydrogens is 1360 g/mol. The third kappa shape index (κ3) is 13.8. The maximum absolute atomic E-state index is 15.2. The van der Waals surface area contributed by atoms with Gasteiger partial charge in [0.25, 0.3) is 0 Å². The van der Waals surface area contributed by atoms with E-state index in [9.17, 15) is 13.2 Å². The highest BCUT2D eigenvalue weighted by Gasteiger charge is 2.54. The normalized spacial score (nSPS) is 13.0. The van der Waals surface area contributed by atoms with E-state index in [1.165, 1.54) is 83.6 Å². The van der Waals surface area contributed by atoms with Crippen LogP contribution in [0, 0.1) is 27.7 Å². The van der Waals surface area contributed by atoms with Gasteiger partial charge in [0.2, 0.25) is 0 Å². The molecule has 15 aromatic rings. The second kappa shape index (κ2) is 28.2. The first-order valence-electron chi connectivity index (χ1n) is 33.8.